The van der Waals surface area contributed by atoms with E-state index in [0.29, 0.717) is 17.9 Å². The minimum Gasteiger partial charge on any atom is -0.397 e. The van der Waals surface area contributed by atoms with Crippen LogP contribution in [0.3, 0.4) is 0 Å². The Labute approximate surface area is 96.0 Å². The first-order valence-electron chi connectivity index (χ1n) is 5.24. The summed E-state index contributed by atoms with van der Waals surface area (Å²) in [6.07, 6.45) is 7.90. The molecule has 0 aromatic carbocycles. The Morgan fingerprint density at radius 2 is 2.38 bits per heavy atom. The number of hydrogen-bond donors (Lipinski definition) is 1. The number of nitrogens with two attached hydrogens (primary N) is 1. The molecule has 4 heteroatoms. The molecule has 0 bridgehead atoms. The molecule has 0 unspecified atom stereocenters. The van der Waals surface area contributed by atoms with Crippen molar-refractivity contribution in [2.75, 3.05) is 19.3 Å². The molecule has 0 spiro atoms. The van der Waals surface area contributed by atoms with Crippen LogP contribution in [0.1, 0.15) is 23.8 Å². The van der Waals surface area contributed by atoms with Crippen LogP contribution in [-0.2, 0) is 6.54 Å². The SMILES string of the molecule is C#CCN(C)C(=O)c1cc(N)cn1CCC. The Morgan fingerprint density at radius 1 is 1.69 bits per heavy atom. The number of carbonyl (C=O) groups excluding carboxylic acids is 1. The molecule has 1 aromatic rings. The molecule has 16 heavy (non-hydrogen) atoms. The summed E-state index contributed by atoms with van der Waals surface area (Å²) >= 11 is 0. The standard InChI is InChI=1S/C12H17N3O/c1-4-6-14(3)12(16)11-8-10(13)9-15(11)7-5-2/h1,8-9H,5-7,13H2,2-3H3. The normalized spacial score (nSPS) is 9.81. The number of rotatable bonds is 4. The van der Waals surface area contributed by atoms with E-state index in [1.807, 2.05) is 4.57 Å². The van der Waals surface area contributed by atoms with Gasteiger partial charge in [0.05, 0.1) is 12.2 Å². The molecule has 0 fully saturated rings. The number of terminal acetylenes is 1. The van der Waals surface area contributed by atoms with Gasteiger partial charge in [0, 0.05) is 19.8 Å². The summed E-state index contributed by atoms with van der Waals surface area (Å²) < 4.78 is 1.87. The molecule has 1 heterocycles. The predicted octanol–water partition coefficient (Wildman–Crippen LogP) is 1.19. The Balaban J connectivity index is 2.94. The van der Waals surface area contributed by atoms with Crippen molar-refractivity contribution in [3.05, 3.63) is 18.0 Å². The van der Waals surface area contributed by atoms with Gasteiger partial charge in [-0.15, -0.1) is 6.42 Å². The number of aryl methyl sites for hydroxylation is 1. The van der Waals surface area contributed by atoms with Crippen LogP contribution in [0.5, 0.6) is 0 Å². The number of hydrogen-bond acceptors (Lipinski definition) is 2. The Bertz CT molecular complexity index is 414. The molecule has 0 aliphatic heterocycles. The van der Waals surface area contributed by atoms with Gasteiger partial charge in [-0.1, -0.05) is 12.8 Å². The second-order valence-electron chi connectivity index (χ2n) is 3.72. The molecular formula is C12H17N3O. The largest absolute Gasteiger partial charge is 0.397 e. The third-order valence-corrected chi connectivity index (χ3v) is 2.28. The molecule has 0 aliphatic carbocycles. The van der Waals surface area contributed by atoms with E-state index in [1.54, 1.807) is 19.3 Å². The average molecular weight is 219 g/mol. The fourth-order valence-corrected chi connectivity index (χ4v) is 1.54. The van der Waals surface area contributed by atoms with Gasteiger partial charge in [0.25, 0.3) is 5.91 Å². The highest BCUT2D eigenvalue weighted by Gasteiger charge is 2.15. The zero-order valence-electron chi connectivity index (χ0n) is 9.73. The molecule has 1 amide bonds. The second kappa shape index (κ2) is 5.26. The van der Waals surface area contributed by atoms with Gasteiger partial charge < -0.3 is 15.2 Å². The van der Waals surface area contributed by atoms with Crippen LogP contribution in [0.25, 0.3) is 0 Å². The van der Waals surface area contributed by atoms with Crippen LogP contribution in [0.4, 0.5) is 5.69 Å². The van der Waals surface area contributed by atoms with Crippen molar-refractivity contribution in [3.63, 3.8) is 0 Å². The number of carbonyl (C=O) groups is 1. The molecule has 4 nitrogen and oxygen atoms in total. The fraction of sp³-hybridized carbons (Fsp3) is 0.417. The van der Waals surface area contributed by atoms with Gasteiger partial charge in [-0.2, -0.15) is 0 Å². The maximum Gasteiger partial charge on any atom is 0.271 e. The molecule has 0 atom stereocenters. The highest BCUT2D eigenvalue weighted by molar-refractivity contribution is 5.93. The molecule has 1 aromatic heterocycles. The molecule has 1 rings (SSSR count). The predicted molar refractivity (Wildman–Crippen MR) is 64.9 cm³/mol. The molecule has 0 saturated heterocycles. The zero-order chi connectivity index (χ0) is 12.1. The lowest BCUT2D eigenvalue weighted by molar-refractivity contribution is 0.0802. The Hall–Kier alpha value is -1.89. The van der Waals surface area contributed by atoms with E-state index in [2.05, 4.69) is 12.8 Å². The van der Waals surface area contributed by atoms with Crippen LogP contribution in [0.15, 0.2) is 12.3 Å². The van der Waals surface area contributed by atoms with Gasteiger partial charge in [0.1, 0.15) is 5.69 Å². The maximum atomic E-state index is 12.0. The van der Waals surface area contributed by atoms with Crippen LogP contribution < -0.4 is 5.73 Å². The fourth-order valence-electron chi connectivity index (χ4n) is 1.54. The summed E-state index contributed by atoms with van der Waals surface area (Å²) in [4.78, 5) is 13.5. The maximum absolute atomic E-state index is 12.0. The summed E-state index contributed by atoms with van der Waals surface area (Å²) in [7, 11) is 1.68. The van der Waals surface area contributed by atoms with Gasteiger partial charge >= 0.3 is 0 Å². The van der Waals surface area contributed by atoms with Crippen molar-refractivity contribution in [1.82, 2.24) is 9.47 Å². The first kappa shape index (κ1) is 12.2. The summed E-state index contributed by atoms with van der Waals surface area (Å²) in [6.45, 7) is 3.13. The number of anilines is 1. The number of amides is 1. The number of nitrogen functional groups attached to an aromatic ring is 1. The smallest absolute Gasteiger partial charge is 0.271 e. The summed E-state index contributed by atoms with van der Waals surface area (Å²) in [5.74, 6) is 2.35. The second-order valence-corrected chi connectivity index (χ2v) is 3.72. The lowest BCUT2D eigenvalue weighted by Crippen LogP contribution is -2.28. The summed E-state index contributed by atoms with van der Waals surface area (Å²) in [6, 6.07) is 1.69. The molecule has 86 valence electrons. The summed E-state index contributed by atoms with van der Waals surface area (Å²) in [5.41, 5.74) is 6.89. The van der Waals surface area contributed by atoms with E-state index in [4.69, 9.17) is 12.2 Å². The minimum absolute atomic E-state index is 0.0944. The van der Waals surface area contributed by atoms with Crippen LogP contribution in [0.2, 0.25) is 0 Å². The molecule has 0 radical (unpaired) electrons. The lowest BCUT2D eigenvalue weighted by Gasteiger charge is -2.15. The first-order valence-corrected chi connectivity index (χ1v) is 5.24. The van der Waals surface area contributed by atoms with E-state index in [9.17, 15) is 4.79 Å². The number of nitrogens with zero attached hydrogens (tertiary/aromatic N) is 2. The van der Waals surface area contributed by atoms with Crippen molar-refractivity contribution in [1.29, 1.82) is 0 Å². The van der Waals surface area contributed by atoms with Crippen molar-refractivity contribution in [2.45, 2.75) is 19.9 Å². The van der Waals surface area contributed by atoms with Crippen LogP contribution >= 0.6 is 0 Å². The Morgan fingerprint density at radius 3 is 2.94 bits per heavy atom. The van der Waals surface area contributed by atoms with Crippen molar-refractivity contribution < 1.29 is 4.79 Å². The van der Waals surface area contributed by atoms with Crippen molar-refractivity contribution in [2.24, 2.45) is 0 Å². The third kappa shape index (κ3) is 2.57. The third-order valence-electron chi connectivity index (χ3n) is 2.28. The van der Waals surface area contributed by atoms with Gasteiger partial charge in [-0.05, 0) is 12.5 Å². The van der Waals surface area contributed by atoms with Gasteiger partial charge in [0.2, 0.25) is 0 Å². The van der Waals surface area contributed by atoms with Gasteiger partial charge in [-0.25, -0.2) is 0 Å². The molecule has 2 N–H and O–H groups in total. The van der Waals surface area contributed by atoms with E-state index < -0.39 is 0 Å². The average Bonchev–Trinajstić information content (AvgIpc) is 2.59. The van der Waals surface area contributed by atoms with Gasteiger partial charge in [-0.3, -0.25) is 4.79 Å². The van der Waals surface area contributed by atoms with Crippen LogP contribution in [-0.4, -0.2) is 29.0 Å². The minimum atomic E-state index is -0.0944. The lowest BCUT2D eigenvalue weighted by atomic mass is 10.3. The number of aromatic nitrogens is 1. The van der Waals surface area contributed by atoms with Crippen molar-refractivity contribution >= 4 is 11.6 Å². The molecule has 0 saturated carbocycles. The van der Waals surface area contributed by atoms with E-state index >= 15 is 0 Å². The van der Waals surface area contributed by atoms with Crippen molar-refractivity contribution in [3.8, 4) is 12.3 Å². The monoisotopic (exact) mass is 219 g/mol. The van der Waals surface area contributed by atoms with E-state index in [0.717, 1.165) is 13.0 Å². The van der Waals surface area contributed by atoms with E-state index in [-0.39, 0.29) is 5.91 Å². The quantitative estimate of drug-likeness (QED) is 0.773. The first-order chi connectivity index (χ1) is 7.60. The summed E-state index contributed by atoms with van der Waals surface area (Å²) in [5, 5.41) is 0. The Kier molecular flexibility index (Phi) is 4.01. The molecule has 0 aliphatic rings. The van der Waals surface area contributed by atoms with E-state index in [1.165, 1.54) is 4.90 Å². The highest BCUT2D eigenvalue weighted by Crippen LogP contribution is 2.13. The topological polar surface area (TPSA) is 51.3 Å². The highest BCUT2D eigenvalue weighted by atomic mass is 16.2. The molecular weight excluding hydrogens is 202 g/mol. The van der Waals surface area contributed by atoms with Crippen LogP contribution in [0, 0.1) is 12.3 Å². The zero-order valence-corrected chi connectivity index (χ0v) is 9.73. The van der Waals surface area contributed by atoms with Gasteiger partial charge in [0.15, 0.2) is 0 Å².